The summed E-state index contributed by atoms with van der Waals surface area (Å²) in [6.45, 7) is 7.36. The van der Waals surface area contributed by atoms with Crippen molar-refractivity contribution < 1.29 is 58.7 Å². The molecule has 0 heterocycles. The molecule has 0 spiro atoms. The van der Waals surface area contributed by atoms with E-state index in [1.54, 1.807) is 39.8 Å². The summed E-state index contributed by atoms with van der Waals surface area (Å²) in [7, 11) is 6.39. The Hall–Kier alpha value is -5.16. The van der Waals surface area contributed by atoms with Gasteiger partial charge < -0.3 is 45.9 Å². The van der Waals surface area contributed by atoms with Crippen molar-refractivity contribution in [3.05, 3.63) is 34.1 Å². The van der Waals surface area contributed by atoms with Crippen LogP contribution in [-0.4, -0.2) is 124 Å². The lowest BCUT2D eigenvalue weighted by Gasteiger charge is -2.50. The molecule has 17 heteroatoms. The summed E-state index contributed by atoms with van der Waals surface area (Å²) in [5, 5.41) is 48.9. The molecule has 0 unspecified atom stereocenters. The normalized spacial score (nSPS) is 22.6. The van der Waals surface area contributed by atoms with Crippen molar-refractivity contribution in [2.24, 2.45) is 23.5 Å². The van der Waals surface area contributed by atoms with Crippen LogP contribution in [0.4, 0.5) is 16.2 Å². The minimum absolute atomic E-state index is 0.0316. The quantitative estimate of drug-likeness (QED) is 0.0865. The number of esters is 1. The zero-order valence-electron chi connectivity index (χ0n) is 31.4. The van der Waals surface area contributed by atoms with Crippen LogP contribution in [0.15, 0.2) is 23.0 Å². The van der Waals surface area contributed by atoms with Gasteiger partial charge in [-0.05, 0) is 71.2 Å². The van der Waals surface area contributed by atoms with E-state index in [2.05, 4.69) is 5.32 Å². The van der Waals surface area contributed by atoms with Gasteiger partial charge in [0.15, 0.2) is 11.4 Å². The molecule has 0 saturated heterocycles. The van der Waals surface area contributed by atoms with Crippen LogP contribution in [0.25, 0.3) is 5.76 Å². The van der Waals surface area contributed by atoms with Gasteiger partial charge in [0, 0.05) is 43.2 Å². The van der Waals surface area contributed by atoms with E-state index < -0.39 is 101 Å². The topological polar surface area (TPSA) is 250 Å². The third-order valence-electron chi connectivity index (χ3n) is 9.76. The number of nitrogens with zero attached hydrogens (tertiary/aromatic N) is 3. The maximum atomic E-state index is 14.2. The SMILES string of the molecule is CC(C)CC(=O)OCOC(=O)N(CC(=O)Nc1cc(N(C)C)c2c(c1O)C(O)=C1C(=O)[C@]3(O)C(O)=C(C(N)=O)C(=O)[C@@H](N(C)C)[C@@H]3C[C@@H]1C2)C(C)(C)C. The van der Waals surface area contributed by atoms with Crippen LogP contribution in [0, 0.1) is 17.8 Å². The first-order valence-electron chi connectivity index (χ1n) is 17.1. The van der Waals surface area contributed by atoms with Crippen LogP contribution in [0.5, 0.6) is 5.75 Å². The van der Waals surface area contributed by atoms with E-state index in [0.29, 0.717) is 11.3 Å². The average molecular weight is 744 g/mol. The second-order valence-corrected chi connectivity index (χ2v) is 15.4. The van der Waals surface area contributed by atoms with Crippen molar-refractivity contribution in [3.8, 4) is 5.75 Å². The third kappa shape index (κ3) is 7.40. The molecule has 17 nitrogen and oxygen atoms in total. The highest BCUT2D eigenvalue weighted by Gasteiger charge is 2.64. The van der Waals surface area contributed by atoms with E-state index in [-0.39, 0.29) is 42.0 Å². The number of rotatable bonds is 10. The number of aliphatic hydroxyl groups is 3. The molecule has 3 amide bonds. The number of nitrogens with two attached hydrogens (primary N) is 1. The van der Waals surface area contributed by atoms with Crippen LogP contribution >= 0.6 is 0 Å². The summed E-state index contributed by atoms with van der Waals surface area (Å²) in [5.41, 5.74) is 0.771. The standard InChI is InChI=1S/C36H49N5O12/c1-16(2)10-23(43)52-15-53-34(50)41(35(3,4)5)14-22(42)38-20-13-21(39(6)7)18-11-17-12-19-27(40(8)9)30(46)26(33(37)49)32(48)36(19,51)31(47)24(17)29(45)25(18)28(20)44/h13,16-17,19,27,44-45,48,51H,10-12,14-15H2,1-9H3,(H2,37,49)(H,38,42)/t17-,19-,27-,36-/m0/s1. The molecule has 0 aliphatic heterocycles. The minimum Gasteiger partial charge on any atom is -0.508 e. The second kappa shape index (κ2) is 14.7. The van der Waals surface area contributed by atoms with Crippen molar-refractivity contribution in [3.63, 3.8) is 0 Å². The van der Waals surface area contributed by atoms with Gasteiger partial charge in [-0.15, -0.1) is 0 Å². The molecule has 3 aliphatic rings. The highest BCUT2D eigenvalue weighted by atomic mass is 16.7. The van der Waals surface area contributed by atoms with Gasteiger partial charge in [-0.3, -0.25) is 33.8 Å². The number of hydrogen-bond donors (Lipinski definition) is 6. The summed E-state index contributed by atoms with van der Waals surface area (Å²) in [5.74, 6) is -9.28. The number of anilines is 2. The smallest absolute Gasteiger partial charge is 0.413 e. The Morgan fingerprint density at radius 1 is 1.06 bits per heavy atom. The summed E-state index contributed by atoms with van der Waals surface area (Å²) >= 11 is 0. The number of phenols is 1. The number of nitrogens with one attached hydrogen (secondary N) is 1. The van der Waals surface area contributed by atoms with Gasteiger partial charge in [0.2, 0.25) is 18.5 Å². The number of likely N-dealkylation sites (N-methyl/N-ethyl adjacent to an activating group) is 1. The Labute approximate surface area is 307 Å². The number of carbonyl (C=O) groups excluding carboxylic acids is 6. The van der Waals surface area contributed by atoms with E-state index in [9.17, 15) is 49.2 Å². The lowest BCUT2D eigenvalue weighted by molar-refractivity contribution is -0.155. The summed E-state index contributed by atoms with van der Waals surface area (Å²) < 4.78 is 10.1. The zero-order chi connectivity index (χ0) is 40.1. The fourth-order valence-electron chi connectivity index (χ4n) is 7.31. The summed E-state index contributed by atoms with van der Waals surface area (Å²) in [6.07, 6.45) is -0.882. The molecule has 1 aromatic carbocycles. The van der Waals surface area contributed by atoms with Crippen LogP contribution < -0.4 is 16.0 Å². The fourth-order valence-corrected chi connectivity index (χ4v) is 7.31. The van der Waals surface area contributed by atoms with Crippen molar-refractivity contribution in [2.45, 2.75) is 71.1 Å². The Morgan fingerprint density at radius 2 is 1.68 bits per heavy atom. The van der Waals surface area contributed by atoms with Crippen molar-refractivity contribution in [1.82, 2.24) is 9.80 Å². The summed E-state index contributed by atoms with van der Waals surface area (Å²) in [6, 6.07) is 0.233. The number of hydrogen-bond acceptors (Lipinski definition) is 14. The Balaban J connectivity index is 1.72. The van der Waals surface area contributed by atoms with Crippen LogP contribution in [-0.2, 0) is 39.9 Å². The number of amides is 3. The van der Waals surface area contributed by atoms with Crippen molar-refractivity contribution >= 4 is 52.6 Å². The van der Waals surface area contributed by atoms with E-state index in [4.69, 9.17) is 15.2 Å². The number of carbonyl (C=O) groups is 6. The highest BCUT2D eigenvalue weighted by Crippen LogP contribution is 2.54. The predicted molar refractivity (Wildman–Crippen MR) is 191 cm³/mol. The summed E-state index contributed by atoms with van der Waals surface area (Å²) in [4.78, 5) is 82.3. The molecule has 1 fully saturated rings. The minimum atomic E-state index is -2.81. The number of aromatic hydroxyl groups is 1. The zero-order valence-corrected chi connectivity index (χ0v) is 31.4. The lowest BCUT2D eigenvalue weighted by Crippen LogP contribution is -2.65. The largest absolute Gasteiger partial charge is 0.508 e. The first kappa shape index (κ1) is 40.6. The Kier molecular flexibility index (Phi) is 11.3. The van der Waals surface area contributed by atoms with E-state index >= 15 is 0 Å². The number of aliphatic hydroxyl groups excluding tert-OH is 2. The number of primary amides is 1. The van der Waals surface area contributed by atoms with Gasteiger partial charge in [0.1, 0.15) is 29.4 Å². The molecule has 1 saturated carbocycles. The number of Topliss-reactive ketones (excluding diaryl/α,β-unsaturated/α-hetero) is 2. The molecular weight excluding hydrogens is 694 g/mol. The predicted octanol–water partition coefficient (Wildman–Crippen LogP) is 1.75. The molecule has 4 rings (SSSR count). The third-order valence-corrected chi connectivity index (χ3v) is 9.76. The van der Waals surface area contributed by atoms with E-state index in [1.807, 2.05) is 13.8 Å². The van der Waals surface area contributed by atoms with Gasteiger partial charge in [-0.2, -0.15) is 0 Å². The maximum absolute atomic E-state index is 14.2. The van der Waals surface area contributed by atoms with Gasteiger partial charge in [0.05, 0.1) is 17.3 Å². The average Bonchev–Trinajstić information content (AvgIpc) is 3.01. The molecule has 53 heavy (non-hydrogen) atoms. The van der Waals surface area contributed by atoms with E-state index in [0.717, 1.165) is 4.90 Å². The number of ketones is 2. The van der Waals surface area contributed by atoms with Crippen LogP contribution in [0.2, 0.25) is 0 Å². The molecule has 7 N–H and O–H groups in total. The first-order valence-corrected chi connectivity index (χ1v) is 17.1. The molecule has 0 radical (unpaired) electrons. The fraction of sp³-hybridized carbons (Fsp3) is 0.556. The lowest BCUT2D eigenvalue weighted by atomic mass is 9.57. The highest BCUT2D eigenvalue weighted by molar-refractivity contribution is 6.24. The Bertz CT molecular complexity index is 1810. The monoisotopic (exact) mass is 743 g/mol. The molecule has 4 atom stereocenters. The van der Waals surface area contributed by atoms with E-state index in [1.165, 1.54) is 25.1 Å². The van der Waals surface area contributed by atoms with Gasteiger partial charge in [0.25, 0.3) is 5.91 Å². The van der Waals surface area contributed by atoms with Crippen molar-refractivity contribution in [1.29, 1.82) is 0 Å². The first-order chi connectivity index (χ1) is 24.4. The van der Waals surface area contributed by atoms with Gasteiger partial charge in [-0.25, -0.2) is 4.79 Å². The van der Waals surface area contributed by atoms with Gasteiger partial charge >= 0.3 is 12.1 Å². The molecule has 3 aliphatic carbocycles. The number of ether oxygens (including phenoxy) is 2. The maximum Gasteiger partial charge on any atom is 0.413 e. The van der Waals surface area contributed by atoms with Crippen LogP contribution in [0.1, 0.15) is 58.6 Å². The number of fused-ring (bicyclic) bond motifs is 3. The van der Waals surface area contributed by atoms with Crippen LogP contribution in [0.3, 0.4) is 0 Å². The molecule has 1 aromatic rings. The second-order valence-electron chi connectivity index (χ2n) is 15.4. The molecular formula is C36H49N5O12. The Morgan fingerprint density at radius 3 is 2.21 bits per heavy atom. The molecule has 0 aromatic heterocycles. The molecule has 290 valence electrons. The van der Waals surface area contributed by atoms with Crippen molar-refractivity contribution in [2.75, 3.05) is 51.7 Å². The number of phenolic OH excluding ortho intramolecular Hbond substituents is 1. The molecule has 0 bridgehead atoms. The van der Waals surface area contributed by atoms with Gasteiger partial charge in [-0.1, -0.05) is 13.8 Å². The number of benzene rings is 1.